The van der Waals surface area contributed by atoms with Gasteiger partial charge in [0.1, 0.15) is 0 Å². The van der Waals surface area contributed by atoms with Crippen LogP contribution in [0.3, 0.4) is 0 Å². The summed E-state index contributed by atoms with van der Waals surface area (Å²) in [7, 11) is 0. The minimum absolute atomic E-state index is 0.560. The van der Waals surface area contributed by atoms with Crippen molar-refractivity contribution >= 4 is 0 Å². The molecule has 0 bridgehead atoms. The summed E-state index contributed by atoms with van der Waals surface area (Å²) < 4.78 is 0. The van der Waals surface area contributed by atoms with Crippen LogP contribution in [-0.2, 0) is 0 Å². The monoisotopic (exact) mass is 194 g/mol. The summed E-state index contributed by atoms with van der Waals surface area (Å²) in [6.45, 7) is 0. The fourth-order valence-electron chi connectivity index (χ4n) is 2.59. The maximum atomic E-state index is 3.44. The second-order valence-corrected chi connectivity index (χ2v) is 4.68. The van der Waals surface area contributed by atoms with Gasteiger partial charge >= 0.3 is 0 Å². The second kappa shape index (κ2) is 3.68. The Kier molecular flexibility index (Phi) is 2.19. The second-order valence-electron chi connectivity index (χ2n) is 4.68. The van der Waals surface area contributed by atoms with Crippen LogP contribution in [0, 0.1) is 59.2 Å². The van der Waals surface area contributed by atoms with E-state index in [4.69, 9.17) is 0 Å². The molecule has 0 radical (unpaired) electrons. The van der Waals surface area contributed by atoms with E-state index in [1.807, 2.05) is 0 Å². The Morgan fingerprint density at radius 2 is 1.20 bits per heavy atom. The lowest BCUT2D eigenvalue weighted by atomic mass is 9.76. The summed E-state index contributed by atoms with van der Waals surface area (Å²) >= 11 is 0. The average molecular weight is 194 g/mol. The van der Waals surface area contributed by atoms with E-state index in [9.17, 15) is 0 Å². The van der Waals surface area contributed by atoms with Crippen molar-refractivity contribution in [2.24, 2.45) is 23.7 Å². The molecule has 0 aromatic carbocycles. The van der Waals surface area contributed by atoms with E-state index in [0.29, 0.717) is 23.7 Å². The van der Waals surface area contributed by atoms with Crippen molar-refractivity contribution in [3.63, 3.8) is 0 Å². The zero-order chi connectivity index (χ0) is 10.1. The highest BCUT2D eigenvalue weighted by Gasteiger charge is 2.28. The van der Waals surface area contributed by atoms with Crippen molar-refractivity contribution in [3.05, 3.63) is 0 Å². The minimum atomic E-state index is 0.560. The summed E-state index contributed by atoms with van der Waals surface area (Å²) in [4.78, 5) is 0. The molecule has 0 aromatic rings. The zero-order valence-corrected chi connectivity index (χ0v) is 8.84. The van der Waals surface area contributed by atoms with E-state index < -0.39 is 0 Å². The molecule has 3 aliphatic rings. The van der Waals surface area contributed by atoms with Gasteiger partial charge in [-0.2, -0.15) is 0 Å². The first-order valence-electron chi connectivity index (χ1n) is 5.91. The summed E-state index contributed by atoms with van der Waals surface area (Å²) in [6, 6.07) is 0. The maximum Gasteiger partial charge on any atom is 0.0449 e. The summed E-state index contributed by atoms with van der Waals surface area (Å²) in [6.07, 6.45) is 5.87. The molecule has 3 rings (SSSR count). The molecule has 0 amide bonds. The van der Waals surface area contributed by atoms with E-state index in [1.165, 1.54) is 19.3 Å². The molecule has 0 saturated heterocycles. The Morgan fingerprint density at radius 3 is 1.67 bits per heavy atom. The van der Waals surface area contributed by atoms with Crippen molar-refractivity contribution in [3.8, 4) is 35.5 Å². The highest BCUT2D eigenvalue weighted by Crippen LogP contribution is 2.33. The number of hydrogen-bond donors (Lipinski definition) is 0. The summed E-state index contributed by atoms with van der Waals surface area (Å²) in [5.74, 6) is 22.0. The third-order valence-corrected chi connectivity index (χ3v) is 3.69. The lowest BCUT2D eigenvalue weighted by Crippen LogP contribution is -2.22. The van der Waals surface area contributed by atoms with Crippen LogP contribution < -0.4 is 0 Å². The van der Waals surface area contributed by atoms with Gasteiger partial charge in [-0.1, -0.05) is 23.7 Å². The molecule has 0 saturated carbocycles. The minimum Gasteiger partial charge on any atom is -0.103 e. The Morgan fingerprint density at radius 1 is 0.600 bits per heavy atom. The van der Waals surface area contributed by atoms with Crippen molar-refractivity contribution in [2.45, 2.75) is 32.1 Å². The molecule has 0 heterocycles. The molecule has 0 aliphatic heterocycles. The summed E-state index contributed by atoms with van der Waals surface area (Å²) in [5, 5.41) is 0. The third-order valence-electron chi connectivity index (χ3n) is 3.69. The molecular formula is C15H14. The highest BCUT2D eigenvalue weighted by atomic mass is 14.3. The largest absolute Gasteiger partial charge is 0.103 e. The predicted octanol–water partition coefficient (Wildman–Crippen LogP) is 2.45. The molecule has 0 fully saturated rings. The fraction of sp³-hybridized carbons (Fsp3) is 0.600. The normalized spacial score (nSPS) is 40.0. The molecule has 15 heavy (non-hydrogen) atoms. The van der Waals surface area contributed by atoms with Gasteiger partial charge in [0, 0.05) is 36.5 Å². The molecule has 0 nitrogen and oxygen atoms in total. The van der Waals surface area contributed by atoms with Crippen LogP contribution in [0.5, 0.6) is 0 Å². The lowest BCUT2D eigenvalue weighted by molar-refractivity contribution is 0.367. The molecule has 3 aliphatic carbocycles. The van der Waals surface area contributed by atoms with Crippen LogP contribution in [0.2, 0.25) is 0 Å². The fourth-order valence-corrected chi connectivity index (χ4v) is 2.59. The van der Waals surface area contributed by atoms with Gasteiger partial charge in [-0.05, 0) is 19.3 Å². The Balaban J connectivity index is 1.67. The molecule has 0 heteroatoms. The molecule has 4 atom stereocenters. The molecule has 0 aromatic heterocycles. The zero-order valence-electron chi connectivity index (χ0n) is 8.84. The SMILES string of the molecule is C1#CC(C2C#CC(C3C#CC3)CC2)CC1. The Labute approximate surface area is 91.8 Å². The third kappa shape index (κ3) is 1.64. The van der Waals surface area contributed by atoms with Gasteiger partial charge in [-0.3, -0.25) is 0 Å². The van der Waals surface area contributed by atoms with E-state index in [2.05, 4.69) is 35.5 Å². The molecule has 0 spiro atoms. The van der Waals surface area contributed by atoms with Crippen LogP contribution in [0.1, 0.15) is 32.1 Å². The van der Waals surface area contributed by atoms with Crippen LogP contribution in [0.15, 0.2) is 0 Å². The molecular weight excluding hydrogens is 180 g/mol. The maximum absolute atomic E-state index is 3.44. The van der Waals surface area contributed by atoms with E-state index >= 15 is 0 Å². The topological polar surface area (TPSA) is 0 Å². The van der Waals surface area contributed by atoms with Crippen molar-refractivity contribution < 1.29 is 0 Å². The Hall–Kier alpha value is -1.32. The van der Waals surface area contributed by atoms with Gasteiger partial charge in [0.05, 0.1) is 0 Å². The first-order valence-corrected chi connectivity index (χ1v) is 5.91. The van der Waals surface area contributed by atoms with Crippen LogP contribution in [0.25, 0.3) is 0 Å². The number of hydrogen-bond acceptors (Lipinski definition) is 0. The lowest BCUT2D eigenvalue weighted by Gasteiger charge is -2.26. The van der Waals surface area contributed by atoms with E-state index in [0.717, 1.165) is 12.8 Å². The predicted molar refractivity (Wildman–Crippen MR) is 60.4 cm³/mol. The van der Waals surface area contributed by atoms with Gasteiger partial charge in [0.25, 0.3) is 0 Å². The molecule has 0 N–H and O–H groups in total. The van der Waals surface area contributed by atoms with Gasteiger partial charge in [-0.25, -0.2) is 0 Å². The van der Waals surface area contributed by atoms with Crippen LogP contribution in [0.4, 0.5) is 0 Å². The van der Waals surface area contributed by atoms with Crippen molar-refractivity contribution in [1.29, 1.82) is 0 Å². The van der Waals surface area contributed by atoms with E-state index in [-0.39, 0.29) is 0 Å². The van der Waals surface area contributed by atoms with E-state index in [1.54, 1.807) is 0 Å². The van der Waals surface area contributed by atoms with Gasteiger partial charge in [0.15, 0.2) is 0 Å². The van der Waals surface area contributed by atoms with Gasteiger partial charge in [-0.15, -0.1) is 11.8 Å². The summed E-state index contributed by atoms with van der Waals surface area (Å²) in [5.41, 5.74) is 0. The number of rotatable bonds is 2. The van der Waals surface area contributed by atoms with Gasteiger partial charge in [0.2, 0.25) is 0 Å². The standard InChI is InChI=1S/C15H14/c1-2-5-12(4-1)14-8-10-15(11-9-14)13-6-3-7-13/h12-15H,1,4,6,8,10H2. The average Bonchev–Trinajstić information content (AvgIpc) is 2.69. The first kappa shape index (κ1) is 8.95. The van der Waals surface area contributed by atoms with Crippen LogP contribution >= 0.6 is 0 Å². The van der Waals surface area contributed by atoms with Crippen LogP contribution in [-0.4, -0.2) is 0 Å². The first-order chi connectivity index (χ1) is 7.43. The quantitative estimate of drug-likeness (QED) is 0.592. The Bertz CT molecular complexity index is 438. The molecule has 74 valence electrons. The van der Waals surface area contributed by atoms with Crippen molar-refractivity contribution in [2.75, 3.05) is 0 Å². The smallest absolute Gasteiger partial charge is 0.0449 e. The van der Waals surface area contributed by atoms with Crippen molar-refractivity contribution in [1.82, 2.24) is 0 Å². The highest BCUT2D eigenvalue weighted by molar-refractivity contribution is 5.26. The van der Waals surface area contributed by atoms with Gasteiger partial charge < -0.3 is 0 Å². The molecule has 4 unspecified atom stereocenters.